The molecule has 0 bridgehead atoms. The molecule has 0 amide bonds. The number of benzene rings is 1. The summed E-state index contributed by atoms with van der Waals surface area (Å²) in [6.45, 7) is 4.37. The third kappa shape index (κ3) is 2.33. The summed E-state index contributed by atoms with van der Waals surface area (Å²) >= 11 is 0. The van der Waals surface area contributed by atoms with Crippen molar-refractivity contribution in [1.82, 2.24) is 15.0 Å². The molecule has 1 atom stereocenters. The van der Waals surface area contributed by atoms with Gasteiger partial charge in [0, 0.05) is 24.5 Å². The van der Waals surface area contributed by atoms with Gasteiger partial charge in [-0.1, -0.05) is 6.92 Å². The summed E-state index contributed by atoms with van der Waals surface area (Å²) in [6.07, 6.45) is 4.14. The summed E-state index contributed by atoms with van der Waals surface area (Å²) in [4.78, 5) is 14.9. The fourth-order valence-electron chi connectivity index (χ4n) is 3.63. The van der Waals surface area contributed by atoms with E-state index < -0.39 is 0 Å². The van der Waals surface area contributed by atoms with Crippen LogP contribution in [-0.4, -0.2) is 42.3 Å². The topological polar surface area (TPSA) is 63.3 Å². The van der Waals surface area contributed by atoms with E-state index in [2.05, 4.69) is 26.8 Å². The Morgan fingerprint density at radius 2 is 1.96 bits per heavy atom. The van der Waals surface area contributed by atoms with Crippen molar-refractivity contribution in [1.29, 1.82) is 0 Å². The first-order valence-corrected chi connectivity index (χ1v) is 8.34. The van der Waals surface area contributed by atoms with Crippen LogP contribution >= 0.6 is 0 Å². The Balaban J connectivity index is 1.91. The lowest BCUT2D eigenvalue weighted by molar-refractivity contribution is 0.356. The van der Waals surface area contributed by atoms with Crippen LogP contribution in [0.3, 0.4) is 0 Å². The maximum atomic E-state index is 5.43. The molecule has 0 aliphatic carbocycles. The molecule has 1 aromatic carbocycles. The van der Waals surface area contributed by atoms with Crippen LogP contribution in [-0.2, 0) is 0 Å². The zero-order valence-electron chi connectivity index (χ0n) is 14.3. The molecule has 4 rings (SSSR count). The second-order valence-corrected chi connectivity index (χ2v) is 6.49. The third-order valence-electron chi connectivity index (χ3n) is 4.82. The lowest BCUT2D eigenvalue weighted by atomic mass is 10.0. The average molecular weight is 326 g/mol. The first-order valence-electron chi connectivity index (χ1n) is 8.34. The zero-order chi connectivity index (χ0) is 16.7. The van der Waals surface area contributed by atoms with E-state index >= 15 is 0 Å². The Morgan fingerprint density at radius 3 is 2.71 bits per heavy atom. The van der Waals surface area contributed by atoms with Gasteiger partial charge in [0.05, 0.1) is 19.7 Å². The molecule has 3 aromatic rings. The van der Waals surface area contributed by atoms with Gasteiger partial charge in [-0.05, 0) is 24.8 Å². The predicted octanol–water partition coefficient (Wildman–Crippen LogP) is 3.36. The monoisotopic (exact) mass is 326 g/mol. The Morgan fingerprint density at radius 1 is 1.17 bits per heavy atom. The molecule has 1 saturated heterocycles. The van der Waals surface area contributed by atoms with Crippen LogP contribution in [0.2, 0.25) is 0 Å². The van der Waals surface area contributed by atoms with Gasteiger partial charge >= 0.3 is 0 Å². The number of nitrogens with one attached hydrogen (secondary N) is 1. The molecule has 2 aromatic heterocycles. The fourth-order valence-corrected chi connectivity index (χ4v) is 3.63. The van der Waals surface area contributed by atoms with Crippen molar-refractivity contribution in [3.8, 4) is 11.5 Å². The van der Waals surface area contributed by atoms with Gasteiger partial charge in [0.2, 0.25) is 0 Å². The maximum absolute atomic E-state index is 5.43. The predicted molar refractivity (Wildman–Crippen MR) is 95.1 cm³/mol. The number of aromatic amines is 1. The van der Waals surface area contributed by atoms with Gasteiger partial charge in [-0.2, -0.15) is 0 Å². The van der Waals surface area contributed by atoms with Crippen LogP contribution in [0.15, 0.2) is 18.5 Å². The Labute approximate surface area is 140 Å². The van der Waals surface area contributed by atoms with Gasteiger partial charge < -0.3 is 19.4 Å². The third-order valence-corrected chi connectivity index (χ3v) is 4.82. The normalized spacial score (nSPS) is 18.3. The highest BCUT2D eigenvalue weighted by Crippen LogP contribution is 2.37. The van der Waals surface area contributed by atoms with Crippen LogP contribution in [0.1, 0.15) is 19.8 Å². The summed E-state index contributed by atoms with van der Waals surface area (Å²) in [5.74, 6) is 3.09. The Hall–Kier alpha value is -2.50. The molecule has 24 heavy (non-hydrogen) atoms. The van der Waals surface area contributed by atoms with Crippen LogP contribution < -0.4 is 14.4 Å². The SMILES string of the molecule is COc1cc2[nH]c3c(N4CCC[C@@H](C)C4)ncnc3c2cc1OC. The summed E-state index contributed by atoms with van der Waals surface area (Å²) in [5.41, 5.74) is 2.89. The van der Waals surface area contributed by atoms with E-state index in [4.69, 9.17) is 9.47 Å². The fraction of sp³-hybridized carbons (Fsp3) is 0.444. The highest BCUT2D eigenvalue weighted by Gasteiger charge is 2.22. The highest BCUT2D eigenvalue weighted by molar-refractivity contribution is 6.09. The number of nitrogens with zero attached hydrogens (tertiary/aromatic N) is 3. The molecule has 1 fully saturated rings. The van der Waals surface area contributed by atoms with Gasteiger partial charge in [-0.25, -0.2) is 9.97 Å². The van der Waals surface area contributed by atoms with Crippen LogP contribution in [0.5, 0.6) is 11.5 Å². The number of methoxy groups -OCH3 is 2. The van der Waals surface area contributed by atoms with E-state index in [0.717, 1.165) is 40.8 Å². The van der Waals surface area contributed by atoms with Gasteiger partial charge in [-0.3, -0.25) is 0 Å². The summed E-state index contributed by atoms with van der Waals surface area (Å²) in [6, 6.07) is 3.93. The standard InChI is InChI=1S/C18H22N4O2/c1-11-5-4-6-22(9-11)18-17-16(19-10-20-18)12-7-14(23-2)15(24-3)8-13(12)21-17/h7-8,10-11,21H,4-6,9H2,1-3H3/t11-/m1/s1. The van der Waals surface area contributed by atoms with Crippen molar-refractivity contribution in [3.05, 3.63) is 18.5 Å². The van der Waals surface area contributed by atoms with Gasteiger partial charge in [0.15, 0.2) is 17.3 Å². The van der Waals surface area contributed by atoms with Gasteiger partial charge in [0.25, 0.3) is 0 Å². The van der Waals surface area contributed by atoms with E-state index in [1.807, 2.05) is 12.1 Å². The van der Waals surface area contributed by atoms with E-state index in [-0.39, 0.29) is 0 Å². The van der Waals surface area contributed by atoms with E-state index in [1.54, 1.807) is 20.5 Å². The molecule has 1 aliphatic rings. The second-order valence-electron chi connectivity index (χ2n) is 6.49. The number of aromatic nitrogens is 3. The Kier molecular flexibility index (Phi) is 3.67. The van der Waals surface area contributed by atoms with Gasteiger partial charge in [-0.15, -0.1) is 0 Å². The molecular formula is C18H22N4O2. The van der Waals surface area contributed by atoms with Crippen molar-refractivity contribution in [2.45, 2.75) is 19.8 Å². The largest absolute Gasteiger partial charge is 0.493 e. The summed E-state index contributed by atoms with van der Waals surface area (Å²) < 4.78 is 10.8. The number of anilines is 1. The van der Waals surface area contributed by atoms with Crippen LogP contribution in [0.4, 0.5) is 5.82 Å². The molecule has 1 aliphatic heterocycles. The van der Waals surface area contributed by atoms with Crippen molar-refractivity contribution in [3.63, 3.8) is 0 Å². The minimum Gasteiger partial charge on any atom is -0.493 e. The molecule has 0 unspecified atom stereocenters. The van der Waals surface area contributed by atoms with Crippen LogP contribution in [0, 0.1) is 5.92 Å². The second kappa shape index (κ2) is 5.85. The molecule has 6 heteroatoms. The number of rotatable bonds is 3. The first-order chi connectivity index (χ1) is 11.7. The Bertz CT molecular complexity index is 889. The number of ether oxygens (including phenoxy) is 2. The molecule has 0 radical (unpaired) electrons. The van der Waals surface area contributed by atoms with Crippen molar-refractivity contribution in [2.24, 2.45) is 5.92 Å². The highest BCUT2D eigenvalue weighted by atomic mass is 16.5. The molecule has 1 N–H and O–H groups in total. The molecule has 3 heterocycles. The number of hydrogen-bond acceptors (Lipinski definition) is 5. The van der Waals surface area contributed by atoms with E-state index in [1.165, 1.54) is 12.8 Å². The molecule has 0 saturated carbocycles. The summed E-state index contributed by atoms with van der Waals surface area (Å²) in [5, 5.41) is 1.02. The lowest BCUT2D eigenvalue weighted by Crippen LogP contribution is -2.35. The maximum Gasteiger partial charge on any atom is 0.162 e. The minimum absolute atomic E-state index is 0.688. The van der Waals surface area contributed by atoms with E-state index in [9.17, 15) is 0 Å². The smallest absolute Gasteiger partial charge is 0.162 e. The number of H-pyrrole nitrogens is 1. The zero-order valence-corrected chi connectivity index (χ0v) is 14.3. The van der Waals surface area contributed by atoms with Crippen LogP contribution in [0.25, 0.3) is 21.9 Å². The molecular weight excluding hydrogens is 304 g/mol. The number of piperidine rings is 1. The summed E-state index contributed by atoms with van der Waals surface area (Å²) in [7, 11) is 3.29. The lowest BCUT2D eigenvalue weighted by Gasteiger charge is -2.31. The molecule has 126 valence electrons. The first kappa shape index (κ1) is 15.1. The molecule has 0 spiro atoms. The van der Waals surface area contributed by atoms with Crippen molar-refractivity contribution < 1.29 is 9.47 Å². The van der Waals surface area contributed by atoms with Gasteiger partial charge in [0.1, 0.15) is 17.4 Å². The average Bonchev–Trinajstić information content (AvgIpc) is 2.97. The van der Waals surface area contributed by atoms with Crippen molar-refractivity contribution >= 4 is 27.8 Å². The number of hydrogen-bond donors (Lipinski definition) is 1. The minimum atomic E-state index is 0.688. The van der Waals surface area contributed by atoms with E-state index in [0.29, 0.717) is 17.4 Å². The number of fused-ring (bicyclic) bond motifs is 3. The molecule has 6 nitrogen and oxygen atoms in total. The quantitative estimate of drug-likeness (QED) is 0.799. The van der Waals surface area contributed by atoms with Crippen molar-refractivity contribution in [2.75, 3.05) is 32.2 Å².